The van der Waals surface area contributed by atoms with Crippen LogP contribution in [-0.4, -0.2) is 64.2 Å². The summed E-state index contributed by atoms with van der Waals surface area (Å²) in [5.74, 6) is -0.795. The quantitative estimate of drug-likeness (QED) is 0.777. The fourth-order valence-corrected chi connectivity index (χ4v) is 3.44. The molecule has 1 fully saturated rings. The molecule has 3 N–H and O–H groups in total. The fourth-order valence-electron chi connectivity index (χ4n) is 2.25. The number of carbonyl (C=O) groups is 2. The lowest BCUT2D eigenvalue weighted by Crippen LogP contribution is -2.44. The lowest BCUT2D eigenvalue weighted by atomic mass is 10.2. The molecule has 1 saturated heterocycles. The number of nitrogen functional groups attached to an aromatic ring is 1. The lowest BCUT2D eigenvalue weighted by molar-refractivity contribution is 0.0607. The molecular weight excluding hydrogens is 292 g/mol. The van der Waals surface area contributed by atoms with Gasteiger partial charge in [-0.15, -0.1) is 11.3 Å². The normalized spacial score (nSPS) is 15.9. The average Bonchev–Trinajstić information content (AvgIpc) is 2.84. The number of hydrogen-bond acceptors (Lipinski definition) is 7. The molecule has 0 atom stereocenters. The number of piperazine rings is 1. The van der Waals surface area contributed by atoms with Gasteiger partial charge in [0.15, 0.2) is 0 Å². The molecule has 1 aliphatic heterocycles. The molecule has 0 aliphatic carbocycles. The highest BCUT2D eigenvalue weighted by molar-refractivity contribution is 7.19. The molecule has 116 valence electrons. The van der Waals surface area contributed by atoms with Crippen molar-refractivity contribution in [3.8, 4) is 0 Å². The van der Waals surface area contributed by atoms with Gasteiger partial charge in [-0.05, 0) is 7.05 Å². The molecule has 1 amide bonds. The summed E-state index contributed by atoms with van der Waals surface area (Å²) in [4.78, 5) is 28.5. The first-order valence-electron chi connectivity index (χ1n) is 6.65. The van der Waals surface area contributed by atoms with Crippen LogP contribution < -0.4 is 16.0 Å². The molecule has 0 aromatic carbocycles. The molecule has 7 nitrogen and oxygen atoms in total. The number of hydrogen-bond donors (Lipinski definition) is 2. The Kier molecular flexibility index (Phi) is 4.69. The standard InChI is InChI=1S/C13H20N4O3S/c1-15-11(18)8-9(14)10(13(19)20-3)21-12(8)17-6-4-16(2)5-7-17/h4-7,14H2,1-3H3,(H,15,18). The molecule has 0 saturated carbocycles. The number of thiophene rings is 1. The van der Waals surface area contributed by atoms with E-state index in [0.717, 1.165) is 31.2 Å². The van der Waals surface area contributed by atoms with E-state index < -0.39 is 5.97 Å². The predicted molar refractivity (Wildman–Crippen MR) is 83.2 cm³/mol. The Morgan fingerprint density at radius 3 is 2.43 bits per heavy atom. The number of likely N-dealkylation sites (N-methyl/N-ethyl adjacent to an activating group) is 1. The zero-order valence-corrected chi connectivity index (χ0v) is 13.2. The summed E-state index contributed by atoms with van der Waals surface area (Å²) in [5, 5.41) is 3.32. The summed E-state index contributed by atoms with van der Waals surface area (Å²) in [6.07, 6.45) is 0. The van der Waals surface area contributed by atoms with E-state index in [1.807, 2.05) is 0 Å². The Bertz CT molecular complexity index is 550. The number of ether oxygens (including phenoxy) is 1. The molecule has 0 radical (unpaired) electrons. The Morgan fingerprint density at radius 1 is 1.29 bits per heavy atom. The maximum atomic E-state index is 12.1. The van der Waals surface area contributed by atoms with E-state index in [9.17, 15) is 9.59 Å². The molecule has 0 bridgehead atoms. The first-order chi connectivity index (χ1) is 9.99. The molecular formula is C13H20N4O3S. The highest BCUT2D eigenvalue weighted by Crippen LogP contribution is 2.39. The minimum atomic E-state index is -0.511. The highest BCUT2D eigenvalue weighted by atomic mass is 32.1. The van der Waals surface area contributed by atoms with Crippen molar-refractivity contribution in [3.05, 3.63) is 10.4 Å². The summed E-state index contributed by atoms with van der Waals surface area (Å²) >= 11 is 1.22. The van der Waals surface area contributed by atoms with Gasteiger partial charge in [-0.3, -0.25) is 4.79 Å². The molecule has 8 heteroatoms. The SMILES string of the molecule is CNC(=O)c1c(N2CCN(C)CC2)sc(C(=O)OC)c1N. The van der Waals surface area contributed by atoms with Gasteiger partial charge in [0.1, 0.15) is 9.88 Å². The van der Waals surface area contributed by atoms with Crippen LogP contribution in [0, 0.1) is 0 Å². The first kappa shape index (κ1) is 15.6. The number of esters is 1. The molecule has 1 aliphatic rings. The van der Waals surface area contributed by atoms with Crippen LogP contribution in [0.15, 0.2) is 0 Å². The van der Waals surface area contributed by atoms with Crippen LogP contribution in [0.2, 0.25) is 0 Å². The lowest BCUT2D eigenvalue weighted by Gasteiger charge is -2.33. The van der Waals surface area contributed by atoms with Crippen LogP contribution in [0.25, 0.3) is 0 Å². The van der Waals surface area contributed by atoms with Crippen LogP contribution in [-0.2, 0) is 4.74 Å². The summed E-state index contributed by atoms with van der Waals surface area (Å²) in [6, 6.07) is 0. The van der Waals surface area contributed by atoms with Gasteiger partial charge in [0.2, 0.25) is 0 Å². The largest absolute Gasteiger partial charge is 0.465 e. The molecule has 0 spiro atoms. The number of amides is 1. The molecule has 0 unspecified atom stereocenters. The number of nitrogens with one attached hydrogen (secondary N) is 1. The minimum absolute atomic E-state index is 0.195. The van der Waals surface area contributed by atoms with Crippen molar-refractivity contribution in [1.29, 1.82) is 0 Å². The van der Waals surface area contributed by atoms with Crippen molar-refractivity contribution in [1.82, 2.24) is 10.2 Å². The van der Waals surface area contributed by atoms with Crippen molar-refractivity contribution >= 4 is 33.9 Å². The Labute approximate surface area is 127 Å². The number of anilines is 2. The third-order valence-electron chi connectivity index (χ3n) is 3.54. The Hall–Kier alpha value is -1.80. The van der Waals surface area contributed by atoms with Gasteiger partial charge in [-0.2, -0.15) is 0 Å². The summed E-state index contributed by atoms with van der Waals surface area (Å²) in [6.45, 7) is 3.39. The van der Waals surface area contributed by atoms with E-state index in [0.29, 0.717) is 5.56 Å². The fraction of sp³-hybridized carbons (Fsp3) is 0.538. The number of nitrogens with zero attached hydrogens (tertiary/aromatic N) is 2. The minimum Gasteiger partial charge on any atom is -0.465 e. The van der Waals surface area contributed by atoms with Crippen molar-refractivity contribution in [2.24, 2.45) is 0 Å². The second kappa shape index (κ2) is 6.31. The van der Waals surface area contributed by atoms with E-state index in [1.54, 1.807) is 7.05 Å². The van der Waals surface area contributed by atoms with Crippen molar-refractivity contribution in [3.63, 3.8) is 0 Å². The second-order valence-corrected chi connectivity index (χ2v) is 5.89. The van der Waals surface area contributed by atoms with Crippen LogP contribution in [0.3, 0.4) is 0 Å². The van der Waals surface area contributed by atoms with Crippen molar-refractivity contribution in [2.45, 2.75) is 0 Å². The number of methoxy groups -OCH3 is 1. The molecule has 1 aromatic heterocycles. The van der Waals surface area contributed by atoms with E-state index >= 15 is 0 Å². The van der Waals surface area contributed by atoms with Crippen molar-refractivity contribution in [2.75, 3.05) is 58.0 Å². The van der Waals surface area contributed by atoms with Gasteiger partial charge in [0.25, 0.3) is 5.91 Å². The maximum Gasteiger partial charge on any atom is 0.350 e. The van der Waals surface area contributed by atoms with Gasteiger partial charge < -0.3 is 25.6 Å². The zero-order chi connectivity index (χ0) is 15.6. The molecule has 2 rings (SSSR count). The smallest absolute Gasteiger partial charge is 0.350 e. The topological polar surface area (TPSA) is 87.9 Å². The van der Waals surface area contributed by atoms with Crippen LogP contribution >= 0.6 is 11.3 Å². The van der Waals surface area contributed by atoms with Gasteiger partial charge in [0.05, 0.1) is 18.4 Å². The Balaban J connectivity index is 2.43. The summed E-state index contributed by atoms with van der Waals surface area (Å²) < 4.78 is 4.74. The van der Waals surface area contributed by atoms with Crippen LogP contribution in [0.4, 0.5) is 10.7 Å². The Morgan fingerprint density at radius 2 is 1.90 bits per heavy atom. The van der Waals surface area contributed by atoms with E-state index in [2.05, 4.69) is 22.2 Å². The third kappa shape index (κ3) is 2.96. The number of rotatable bonds is 3. The van der Waals surface area contributed by atoms with Crippen LogP contribution in [0.1, 0.15) is 20.0 Å². The van der Waals surface area contributed by atoms with Gasteiger partial charge in [-0.25, -0.2) is 4.79 Å². The zero-order valence-electron chi connectivity index (χ0n) is 12.4. The maximum absolute atomic E-state index is 12.1. The number of carbonyl (C=O) groups excluding carboxylic acids is 2. The summed E-state index contributed by atoms with van der Waals surface area (Å²) in [7, 11) is 4.90. The summed E-state index contributed by atoms with van der Waals surface area (Å²) in [5.41, 5.74) is 6.57. The average molecular weight is 312 g/mol. The van der Waals surface area contributed by atoms with Crippen LogP contribution in [0.5, 0.6) is 0 Å². The first-order valence-corrected chi connectivity index (χ1v) is 7.47. The highest BCUT2D eigenvalue weighted by Gasteiger charge is 2.29. The number of nitrogens with two attached hydrogens (primary N) is 1. The molecule has 21 heavy (non-hydrogen) atoms. The van der Waals surface area contributed by atoms with Crippen molar-refractivity contribution < 1.29 is 14.3 Å². The van der Waals surface area contributed by atoms with Gasteiger partial charge in [0, 0.05) is 33.2 Å². The van der Waals surface area contributed by atoms with E-state index in [4.69, 9.17) is 10.5 Å². The van der Waals surface area contributed by atoms with E-state index in [1.165, 1.54) is 18.4 Å². The monoisotopic (exact) mass is 312 g/mol. The van der Waals surface area contributed by atoms with Gasteiger partial charge >= 0.3 is 5.97 Å². The van der Waals surface area contributed by atoms with Gasteiger partial charge in [-0.1, -0.05) is 0 Å². The molecule has 1 aromatic rings. The predicted octanol–water partition coefficient (Wildman–Crippen LogP) is 0.228. The van der Waals surface area contributed by atoms with E-state index in [-0.39, 0.29) is 16.5 Å². The third-order valence-corrected chi connectivity index (χ3v) is 4.79. The molecule has 2 heterocycles. The second-order valence-electron chi connectivity index (χ2n) is 4.89.